The number of hydrogen-bond acceptors (Lipinski definition) is 8. The van der Waals surface area contributed by atoms with Crippen molar-refractivity contribution in [3.8, 4) is 0 Å². The van der Waals surface area contributed by atoms with E-state index in [0.29, 0.717) is 9.24 Å². The number of carbonyl (C=O) groups is 4. The number of thiazole rings is 1. The number of aliphatic carboxylic acids is 1. The maximum absolute atomic E-state index is 12.5. The number of β-lactam (4-membered cyclic amide) rings is 1. The van der Waals surface area contributed by atoms with Crippen LogP contribution in [0.15, 0.2) is 44.6 Å². The summed E-state index contributed by atoms with van der Waals surface area (Å²) in [6.45, 7) is 3.52. The number of thioether (sulfide) groups is 1. The van der Waals surface area contributed by atoms with Crippen LogP contribution in [0.4, 0.5) is 0 Å². The van der Waals surface area contributed by atoms with Crippen LogP contribution >= 0.6 is 23.1 Å². The molecule has 1 aromatic heterocycles. The summed E-state index contributed by atoms with van der Waals surface area (Å²) in [5.41, 5.74) is 0.939. The molecule has 0 unspecified atom stereocenters. The zero-order valence-electron chi connectivity index (χ0n) is 18.1. The maximum atomic E-state index is 12.5. The van der Waals surface area contributed by atoms with E-state index in [2.05, 4.69) is 10.3 Å². The van der Waals surface area contributed by atoms with Gasteiger partial charge in [0.15, 0.2) is 4.34 Å². The molecule has 12 heteroatoms. The van der Waals surface area contributed by atoms with Gasteiger partial charge in [0.2, 0.25) is 5.91 Å². The van der Waals surface area contributed by atoms with Gasteiger partial charge in [0.05, 0.1) is 23.6 Å². The molecule has 1 fully saturated rings. The standard InChI is InChI=1S/C22H21N3O7S2/c1-9-15-14(10(2)26)19(28)25(15)16(21(31)32)17(9)34-22-24-13(8-33-22)18(27)23-7-11-3-5-12(6-4-11)20(29)30/h3-6,8-10,14-15,26H,7H2,1-2H3,(H,23,27)(H,29,30)(H,31,32)/t9-,10-,14-,15-/m1/s1. The number of aliphatic hydroxyl groups is 1. The number of nitrogens with zero attached hydrogens (tertiary/aromatic N) is 2. The van der Waals surface area contributed by atoms with Crippen molar-refractivity contribution < 1.29 is 34.5 Å². The minimum absolute atomic E-state index is 0.101. The van der Waals surface area contributed by atoms with E-state index >= 15 is 0 Å². The Kier molecular flexibility index (Phi) is 6.47. The Morgan fingerprint density at radius 2 is 1.88 bits per heavy atom. The first-order chi connectivity index (χ1) is 16.1. The molecule has 1 aromatic carbocycles. The van der Waals surface area contributed by atoms with Crippen LogP contribution in [0.2, 0.25) is 0 Å². The van der Waals surface area contributed by atoms with Gasteiger partial charge in [-0.25, -0.2) is 14.6 Å². The van der Waals surface area contributed by atoms with E-state index in [1.54, 1.807) is 17.5 Å². The zero-order chi connectivity index (χ0) is 24.7. The van der Waals surface area contributed by atoms with Crippen molar-refractivity contribution in [2.75, 3.05) is 0 Å². The molecule has 2 aromatic rings. The van der Waals surface area contributed by atoms with Gasteiger partial charge in [0, 0.05) is 22.7 Å². The minimum atomic E-state index is -1.22. The molecule has 2 amide bonds. The van der Waals surface area contributed by atoms with Crippen molar-refractivity contribution in [3.63, 3.8) is 0 Å². The smallest absolute Gasteiger partial charge is 0.353 e. The lowest BCUT2D eigenvalue weighted by molar-refractivity contribution is -0.163. The van der Waals surface area contributed by atoms with Crippen LogP contribution in [0.25, 0.3) is 0 Å². The van der Waals surface area contributed by atoms with Crippen molar-refractivity contribution in [3.05, 3.63) is 57.1 Å². The van der Waals surface area contributed by atoms with Crippen molar-refractivity contribution >= 4 is 46.9 Å². The van der Waals surface area contributed by atoms with Crippen molar-refractivity contribution in [2.45, 2.75) is 36.9 Å². The lowest BCUT2D eigenvalue weighted by atomic mass is 9.79. The number of aliphatic hydroxyl groups excluding tert-OH is 1. The Labute approximate surface area is 202 Å². The third-order valence-corrected chi connectivity index (χ3v) is 8.10. The topological polar surface area (TPSA) is 157 Å². The van der Waals surface area contributed by atoms with Crippen LogP contribution in [-0.2, 0) is 16.1 Å². The van der Waals surface area contributed by atoms with Gasteiger partial charge in [0.25, 0.3) is 5.91 Å². The number of benzene rings is 1. The molecule has 4 rings (SSSR count). The summed E-state index contributed by atoms with van der Waals surface area (Å²) in [6, 6.07) is 5.70. The number of aromatic nitrogens is 1. The van der Waals surface area contributed by atoms with Crippen molar-refractivity contribution in [1.29, 1.82) is 0 Å². The highest BCUT2D eigenvalue weighted by molar-refractivity contribution is 8.04. The molecule has 0 saturated carbocycles. The Morgan fingerprint density at radius 1 is 1.21 bits per heavy atom. The lowest BCUT2D eigenvalue weighted by Gasteiger charge is -2.46. The van der Waals surface area contributed by atoms with Crippen LogP contribution < -0.4 is 5.32 Å². The molecular weight excluding hydrogens is 482 g/mol. The Morgan fingerprint density at radius 3 is 2.47 bits per heavy atom. The molecule has 1 saturated heterocycles. The van der Waals surface area contributed by atoms with E-state index in [9.17, 15) is 29.4 Å². The van der Waals surface area contributed by atoms with Crippen LogP contribution in [0, 0.1) is 11.8 Å². The molecule has 4 N–H and O–H groups in total. The third-order valence-electron chi connectivity index (χ3n) is 5.88. The number of aromatic carboxylic acids is 1. The van der Waals surface area contributed by atoms with Gasteiger partial charge < -0.3 is 25.5 Å². The van der Waals surface area contributed by atoms with Crippen LogP contribution in [-0.4, -0.2) is 61.1 Å². The SMILES string of the molecule is C[C@@H](O)[C@H]1C(=O)N2C(C(=O)O)=C(Sc3nc(C(=O)NCc4ccc(C(=O)O)cc4)cs3)[C@H](C)[C@H]12. The van der Waals surface area contributed by atoms with E-state index in [-0.39, 0.29) is 29.4 Å². The van der Waals surface area contributed by atoms with E-state index in [0.717, 1.165) is 17.3 Å². The largest absolute Gasteiger partial charge is 0.478 e. The molecule has 2 aliphatic rings. The fourth-order valence-electron chi connectivity index (χ4n) is 4.20. The Hall–Kier alpha value is -3.22. The average Bonchev–Trinajstić information content (AvgIpc) is 3.34. The quantitative estimate of drug-likeness (QED) is 0.396. The third kappa shape index (κ3) is 4.19. The van der Waals surface area contributed by atoms with Crippen LogP contribution in [0.5, 0.6) is 0 Å². The summed E-state index contributed by atoms with van der Waals surface area (Å²) in [5, 5.41) is 32.9. The van der Waals surface area contributed by atoms with Crippen LogP contribution in [0.1, 0.15) is 40.3 Å². The first kappa shape index (κ1) is 23.9. The first-order valence-electron chi connectivity index (χ1n) is 10.3. The highest BCUT2D eigenvalue weighted by Gasteiger charge is 2.60. The molecule has 2 aliphatic heterocycles. The van der Waals surface area contributed by atoms with Crippen LogP contribution in [0.3, 0.4) is 0 Å². The number of carbonyl (C=O) groups excluding carboxylic acids is 2. The van der Waals surface area contributed by atoms with Gasteiger partial charge >= 0.3 is 11.9 Å². The monoisotopic (exact) mass is 503 g/mol. The molecule has 0 spiro atoms. The average molecular weight is 504 g/mol. The van der Waals surface area contributed by atoms with Gasteiger partial charge in [-0.2, -0.15) is 0 Å². The van der Waals surface area contributed by atoms with E-state index < -0.39 is 41.8 Å². The van der Waals surface area contributed by atoms with Gasteiger partial charge in [0.1, 0.15) is 11.4 Å². The van der Waals surface area contributed by atoms with Gasteiger partial charge in [-0.05, 0) is 24.6 Å². The highest BCUT2D eigenvalue weighted by atomic mass is 32.2. The molecule has 3 heterocycles. The summed E-state index contributed by atoms with van der Waals surface area (Å²) >= 11 is 2.30. The fourth-order valence-corrected chi connectivity index (χ4v) is 6.27. The second-order valence-corrected chi connectivity index (χ2v) is 10.2. The lowest BCUT2D eigenvalue weighted by Crippen LogP contribution is -2.63. The molecule has 0 bridgehead atoms. The van der Waals surface area contributed by atoms with Crippen molar-refractivity contribution in [2.24, 2.45) is 11.8 Å². The van der Waals surface area contributed by atoms with E-state index in [4.69, 9.17) is 5.11 Å². The summed E-state index contributed by atoms with van der Waals surface area (Å²) < 4.78 is 0.458. The number of amides is 2. The predicted octanol–water partition coefficient (Wildman–Crippen LogP) is 2.02. The second-order valence-electron chi connectivity index (χ2n) is 8.06. The van der Waals surface area contributed by atoms with E-state index in [1.807, 2.05) is 6.92 Å². The minimum Gasteiger partial charge on any atom is -0.478 e. The summed E-state index contributed by atoms with van der Waals surface area (Å²) in [6.07, 6.45) is -0.883. The first-order valence-corrected chi connectivity index (χ1v) is 12.0. The molecule has 178 valence electrons. The maximum Gasteiger partial charge on any atom is 0.353 e. The number of fused-ring (bicyclic) bond motifs is 1. The number of carboxylic acid groups (broad SMARTS) is 2. The van der Waals surface area contributed by atoms with Gasteiger partial charge in [-0.3, -0.25) is 9.59 Å². The molecule has 0 aliphatic carbocycles. The molecule has 34 heavy (non-hydrogen) atoms. The number of hydrogen-bond donors (Lipinski definition) is 4. The molecule has 0 radical (unpaired) electrons. The fraction of sp³-hybridized carbons (Fsp3) is 0.318. The molecule has 10 nitrogen and oxygen atoms in total. The second kappa shape index (κ2) is 9.20. The summed E-state index contributed by atoms with van der Waals surface area (Å²) in [4.78, 5) is 53.8. The number of rotatable bonds is 8. The number of carboxylic acids is 2. The Bertz CT molecular complexity index is 1210. The zero-order valence-corrected chi connectivity index (χ0v) is 19.7. The predicted molar refractivity (Wildman–Crippen MR) is 122 cm³/mol. The summed E-state index contributed by atoms with van der Waals surface area (Å²) in [7, 11) is 0. The summed E-state index contributed by atoms with van der Waals surface area (Å²) in [5.74, 6) is -4.04. The highest BCUT2D eigenvalue weighted by Crippen LogP contribution is 2.52. The van der Waals surface area contributed by atoms with Gasteiger partial charge in [-0.1, -0.05) is 30.8 Å². The van der Waals surface area contributed by atoms with E-state index in [1.165, 1.54) is 35.3 Å². The van der Waals surface area contributed by atoms with Crippen molar-refractivity contribution in [1.82, 2.24) is 15.2 Å². The number of nitrogens with one attached hydrogen (secondary N) is 1. The van der Waals surface area contributed by atoms with Gasteiger partial charge in [-0.15, -0.1) is 11.3 Å². The molecule has 4 atom stereocenters. The molecular formula is C22H21N3O7S2. The normalized spacial score (nSPS) is 22.3. The Balaban J connectivity index is 1.45.